The fourth-order valence-electron chi connectivity index (χ4n) is 3.47. The van der Waals surface area contributed by atoms with Gasteiger partial charge in [-0.15, -0.1) is 0 Å². The topological polar surface area (TPSA) is 139 Å². The SMILES string of the molecule is COc1ccc([C@@H]2C(=C(O)c3ccc([N+](=O)[O-])cc3)C(=O)C(=O)N2CCOCCO)cc1. The fraction of sp³-hybridized carbons (Fsp3) is 0.273. The molecule has 1 heterocycles. The van der Waals surface area contributed by atoms with E-state index in [2.05, 4.69) is 0 Å². The van der Waals surface area contributed by atoms with Gasteiger partial charge in [0.25, 0.3) is 17.4 Å². The molecule has 32 heavy (non-hydrogen) atoms. The molecule has 2 aromatic rings. The minimum absolute atomic E-state index is 0.0539. The minimum atomic E-state index is -0.895. The average Bonchev–Trinajstić information content (AvgIpc) is 3.06. The van der Waals surface area contributed by atoms with Crippen LogP contribution < -0.4 is 4.74 Å². The summed E-state index contributed by atoms with van der Waals surface area (Å²) >= 11 is 0. The summed E-state index contributed by atoms with van der Waals surface area (Å²) in [7, 11) is 1.51. The number of carbonyl (C=O) groups is 2. The van der Waals surface area contributed by atoms with Gasteiger partial charge < -0.3 is 24.6 Å². The maximum Gasteiger partial charge on any atom is 0.295 e. The molecule has 2 aromatic carbocycles. The number of nitro benzene ring substituents is 1. The van der Waals surface area contributed by atoms with Crippen LogP contribution in [0.5, 0.6) is 5.75 Å². The summed E-state index contributed by atoms with van der Waals surface area (Å²) < 4.78 is 10.4. The lowest BCUT2D eigenvalue weighted by Crippen LogP contribution is -2.33. The standard InChI is InChI=1S/C22H22N2O8/c1-31-17-8-4-14(5-9-17)19-18(20(26)15-2-6-16(7-3-15)24(29)30)21(27)22(28)23(19)10-12-32-13-11-25/h2-9,19,25-26H,10-13H2,1H3/t19-/m1/s1. The van der Waals surface area contributed by atoms with Gasteiger partial charge in [0, 0.05) is 24.2 Å². The van der Waals surface area contributed by atoms with Crippen LogP contribution in [0.25, 0.3) is 5.76 Å². The van der Waals surface area contributed by atoms with E-state index in [4.69, 9.17) is 14.6 Å². The Kier molecular flexibility index (Phi) is 7.18. The molecule has 1 amide bonds. The summed E-state index contributed by atoms with van der Waals surface area (Å²) in [6.07, 6.45) is 0. The van der Waals surface area contributed by atoms with Gasteiger partial charge in [0.15, 0.2) is 0 Å². The molecular formula is C22H22N2O8. The first-order valence-corrected chi connectivity index (χ1v) is 9.74. The largest absolute Gasteiger partial charge is 0.507 e. The number of likely N-dealkylation sites (tertiary alicyclic amines) is 1. The van der Waals surface area contributed by atoms with Crippen LogP contribution in [-0.4, -0.2) is 65.2 Å². The molecule has 10 heteroatoms. The van der Waals surface area contributed by atoms with Gasteiger partial charge >= 0.3 is 0 Å². The smallest absolute Gasteiger partial charge is 0.295 e. The van der Waals surface area contributed by atoms with E-state index in [1.807, 2.05) is 0 Å². The highest BCUT2D eigenvalue weighted by molar-refractivity contribution is 6.46. The predicted octanol–water partition coefficient (Wildman–Crippen LogP) is 2.03. The van der Waals surface area contributed by atoms with Crippen LogP contribution in [-0.2, 0) is 14.3 Å². The highest BCUT2D eigenvalue weighted by Crippen LogP contribution is 2.39. The van der Waals surface area contributed by atoms with Gasteiger partial charge in [-0.3, -0.25) is 19.7 Å². The lowest BCUT2D eigenvalue weighted by atomic mass is 9.95. The number of ether oxygens (including phenoxy) is 2. The van der Waals surface area contributed by atoms with Crippen molar-refractivity contribution in [3.63, 3.8) is 0 Å². The number of aliphatic hydroxyl groups excluding tert-OH is 2. The third-order valence-electron chi connectivity index (χ3n) is 5.04. The Balaban J connectivity index is 2.05. The number of aliphatic hydroxyl groups is 2. The number of nitrogens with zero attached hydrogens (tertiary/aromatic N) is 2. The van der Waals surface area contributed by atoms with Crippen molar-refractivity contribution in [2.75, 3.05) is 33.5 Å². The molecule has 1 aliphatic heterocycles. The van der Waals surface area contributed by atoms with Crippen LogP contribution >= 0.6 is 0 Å². The maximum absolute atomic E-state index is 12.9. The van der Waals surface area contributed by atoms with Gasteiger partial charge in [-0.25, -0.2) is 0 Å². The Labute approximate surface area is 183 Å². The molecule has 1 aliphatic rings. The van der Waals surface area contributed by atoms with Crippen molar-refractivity contribution in [1.29, 1.82) is 0 Å². The van der Waals surface area contributed by atoms with Crippen LogP contribution in [0.1, 0.15) is 17.2 Å². The monoisotopic (exact) mass is 442 g/mol. The number of nitro groups is 1. The van der Waals surface area contributed by atoms with Crippen LogP contribution in [0.15, 0.2) is 54.1 Å². The third-order valence-corrected chi connectivity index (χ3v) is 5.04. The van der Waals surface area contributed by atoms with Gasteiger partial charge in [0.2, 0.25) is 0 Å². The van der Waals surface area contributed by atoms with E-state index >= 15 is 0 Å². The molecule has 0 spiro atoms. The lowest BCUT2D eigenvalue weighted by molar-refractivity contribution is -0.384. The number of benzene rings is 2. The Bertz CT molecular complexity index is 1030. The van der Waals surface area contributed by atoms with E-state index in [9.17, 15) is 24.8 Å². The Morgan fingerprint density at radius 1 is 1.09 bits per heavy atom. The van der Waals surface area contributed by atoms with E-state index in [1.165, 1.54) is 36.3 Å². The first-order chi connectivity index (χ1) is 15.4. The van der Waals surface area contributed by atoms with Crippen LogP contribution in [0.3, 0.4) is 0 Å². The van der Waals surface area contributed by atoms with E-state index in [0.717, 1.165) is 0 Å². The Morgan fingerprint density at radius 2 is 1.75 bits per heavy atom. The zero-order valence-corrected chi connectivity index (χ0v) is 17.3. The normalized spacial score (nSPS) is 17.6. The molecule has 0 saturated carbocycles. The number of hydrogen-bond acceptors (Lipinski definition) is 8. The summed E-state index contributed by atoms with van der Waals surface area (Å²) in [6, 6.07) is 10.8. The molecule has 2 N–H and O–H groups in total. The zero-order chi connectivity index (χ0) is 23.3. The summed E-state index contributed by atoms with van der Waals surface area (Å²) in [5.41, 5.74) is 0.435. The number of non-ortho nitro benzene ring substituents is 1. The van der Waals surface area contributed by atoms with Gasteiger partial charge in [-0.05, 0) is 29.8 Å². The number of carbonyl (C=O) groups excluding carboxylic acids is 2. The fourth-order valence-corrected chi connectivity index (χ4v) is 3.47. The van der Waals surface area contributed by atoms with E-state index < -0.39 is 28.4 Å². The van der Waals surface area contributed by atoms with Gasteiger partial charge in [0.1, 0.15) is 11.5 Å². The molecule has 0 aliphatic carbocycles. The van der Waals surface area contributed by atoms with E-state index in [1.54, 1.807) is 24.3 Å². The zero-order valence-electron chi connectivity index (χ0n) is 17.3. The quantitative estimate of drug-likeness (QED) is 0.150. The molecule has 10 nitrogen and oxygen atoms in total. The minimum Gasteiger partial charge on any atom is -0.507 e. The summed E-state index contributed by atoms with van der Waals surface area (Å²) in [6.45, 7) is 0.0386. The molecule has 0 aromatic heterocycles. The number of hydrogen-bond donors (Lipinski definition) is 2. The van der Waals surface area contributed by atoms with Crippen molar-refractivity contribution in [2.45, 2.75) is 6.04 Å². The summed E-state index contributed by atoms with van der Waals surface area (Å²) in [5, 5.41) is 30.7. The Hall–Kier alpha value is -3.76. The van der Waals surface area contributed by atoms with Gasteiger partial charge in [0.05, 0.1) is 43.5 Å². The average molecular weight is 442 g/mol. The third kappa shape index (κ3) is 4.61. The number of rotatable bonds is 9. The second-order valence-corrected chi connectivity index (χ2v) is 6.91. The second-order valence-electron chi connectivity index (χ2n) is 6.91. The van der Waals surface area contributed by atoms with Crippen molar-refractivity contribution >= 4 is 23.1 Å². The predicted molar refractivity (Wildman–Crippen MR) is 113 cm³/mol. The van der Waals surface area contributed by atoms with Gasteiger partial charge in [-0.2, -0.15) is 0 Å². The summed E-state index contributed by atoms with van der Waals surface area (Å²) in [5.74, 6) is -1.53. The second kappa shape index (κ2) is 10.0. The first kappa shape index (κ1) is 22.9. The molecular weight excluding hydrogens is 420 g/mol. The maximum atomic E-state index is 12.9. The van der Waals surface area contributed by atoms with Crippen LogP contribution in [0, 0.1) is 10.1 Å². The molecule has 168 valence electrons. The number of ketones is 1. The summed E-state index contributed by atoms with van der Waals surface area (Å²) in [4.78, 5) is 37.3. The number of methoxy groups -OCH3 is 1. The van der Waals surface area contributed by atoms with E-state index in [-0.39, 0.29) is 43.2 Å². The molecule has 3 rings (SSSR count). The highest BCUT2D eigenvalue weighted by Gasteiger charge is 2.45. The van der Waals surface area contributed by atoms with Crippen molar-refractivity contribution in [3.05, 3.63) is 75.3 Å². The highest BCUT2D eigenvalue weighted by atomic mass is 16.6. The molecule has 0 unspecified atom stereocenters. The number of Topliss-reactive ketones (excluding diaryl/α,β-unsaturated/α-hetero) is 1. The Morgan fingerprint density at radius 3 is 2.31 bits per heavy atom. The number of amides is 1. The van der Waals surface area contributed by atoms with Gasteiger partial charge in [-0.1, -0.05) is 12.1 Å². The first-order valence-electron chi connectivity index (χ1n) is 9.74. The molecule has 1 fully saturated rings. The van der Waals surface area contributed by atoms with Crippen molar-refractivity contribution in [3.8, 4) is 5.75 Å². The van der Waals surface area contributed by atoms with Crippen molar-refractivity contribution in [2.24, 2.45) is 0 Å². The van der Waals surface area contributed by atoms with Crippen molar-refractivity contribution in [1.82, 2.24) is 4.90 Å². The molecule has 1 atom stereocenters. The van der Waals surface area contributed by atoms with Crippen molar-refractivity contribution < 1.29 is 34.2 Å². The lowest BCUT2D eigenvalue weighted by Gasteiger charge is -2.25. The van der Waals surface area contributed by atoms with E-state index in [0.29, 0.717) is 11.3 Å². The molecule has 0 radical (unpaired) electrons. The van der Waals surface area contributed by atoms with Crippen LogP contribution in [0.2, 0.25) is 0 Å². The molecule has 0 bridgehead atoms. The molecule has 1 saturated heterocycles. The van der Waals surface area contributed by atoms with Crippen LogP contribution in [0.4, 0.5) is 5.69 Å².